The van der Waals surface area contributed by atoms with Crippen molar-refractivity contribution in [2.24, 2.45) is 0 Å². The highest BCUT2D eigenvalue weighted by atomic mass is 35.5. The Bertz CT molecular complexity index is 766. The summed E-state index contributed by atoms with van der Waals surface area (Å²) < 4.78 is 1.28. The van der Waals surface area contributed by atoms with E-state index >= 15 is 0 Å². The van der Waals surface area contributed by atoms with Gasteiger partial charge >= 0.3 is 0 Å². The Morgan fingerprint density at radius 3 is 2.86 bits per heavy atom. The lowest BCUT2D eigenvalue weighted by molar-refractivity contribution is -0.112. The fourth-order valence-corrected chi connectivity index (χ4v) is 1.88. The van der Waals surface area contributed by atoms with E-state index in [0.717, 1.165) is 5.56 Å². The molecule has 2 aromatic rings. The van der Waals surface area contributed by atoms with Crippen LogP contribution >= 0.6 is 11.6 Å². The van der Waals surface area contributed by atoms with Gasteiger partial charge in [0.05, 0.1) is 5.69 Å². The highest BCUT2D eigenvalue weighted by Crippen LogP contribution is 2.12. The second kappa shape index (κ2) is 6.28. The number of hydrogen-bond acceptors (Lipinski definition) is 3. The molecule has 2 rings (SSSR count). The molecule has 0 atom stereocenters. The van der Waals surface area contributed by atoms with Crippen molar-refractivity contribution >= 4 is 23.6 Å². The van der Waals surface area contributed by atoms with Crippen LogP contribution in [0.2, 0.25) is 5.02 Å². The number of aromatic hydroxyl groups is 1. The van der Waals surface area contributed by atoms with Crippen molar-refractivity contribution in [2.45, 2.75) is 6.92 Å². The van der Waals surface area contributed by atoms with Gasteiger partial charge in [-0.1, -0.05) is 23.7 Å². The first-order valence-electron chi connectivity index (χ1n) is 6.13. The van der Waals surface area contributed by atoms with Crippen LogP contribution in [0.3, 0.4) is 0 Å². The van der Waals surface area contributed by atoms with Crippen LogP contribution in [0, 0.1) is 6.92 Å². The van der Waals surface area contributed by atoms with Crippen molar-refractivity contribution < 1.29 is 9.90 Å². The van der Waals surface area contributed by atoms with E-state index in [4.69, 9.17) is 11.6 Å². The van der Waals surface area contributed by atoms with E-state index in [-0.39, 0.29) is 5.69 Å². The number of aromatic nitrogens is 1. The maximum atomic E-state index is 11.8. The highest BCUT2D eigenvalue weighted by molar-refractivity contribution is 6.30. The molecule has 1 amide bonds. The fraction of sp³-hybridized carbons (Fsp3) is 0.0667. The molecule has 0 aliphatic carbocycles. The van der Waals surface area contributed by atoms with Crippen LogP contribution < -0.4 is 10.9 Å². The first-order valence-corrected chi connectivity index (χ1v) is 6.51. The Kier molecular flexibility index (Phi) is 4.45. The minimum Gasteiger partial charge on any atom is -0.503 e. The first-order chi connectivity index (χ1) is 9.97. The van der Waals surface area contributed by atoms with Crippen molar-refractivity contribution in [3.63, 3.8) is 0 Å². The number of carbonyl (C=O) groups is 1. The van der Waals surface area contributed by atoms with E-state index in [1.165, 1.54) is 29.9 Å². The Labute approximate surface area is 126 Å². The number of rotatable bonds is 3. The lowest BCUT2D eigenvalue weighted by Gasteiger charge is -2.11. The molecular formula is C15H13ClN2O3. The van der Waals surface area contributed by atoms with Crippen LogP contribution in [-0.2, 0) is 4.79 Å². The molecule has 0 fully saturated rings. The van der Waals surface area contributed by atoms with E-state index in [1.807, 2.05) is 6.07 Å². The summed E-state index contributed by atoms with van der Waals surface area (Å²) in [6, 6.07) is 8.23. The minimum absolute atomic E-state index is 0.256. The summed E-state index contributed by atoms with van der Waals surface area (Å²) in [6.07, 6.45) is 4.32. The minimum atomic E-state index is -0.493. The van der Waals surface area contributed by atoms with Gasteiger partial charge in [0.2, 0.25) is 5.43 Å². The third-order valence-corrected chi connectivity index (χ3v) is 3.05. The van der Waals surface area contributed by atoms with Gasteiger partial charge in [0.15, 0.2) is 5.75 Å². The van der Waals surface area contributed by atoms with E-state index < -0.39 is 17.1 Å². The molecule has 0 saturated heterocycles. The monoisotopic (exact) mass is 304 g/mol. The predicted molar refractivity (Wildman–Crippen MR) is 82.0 cm³/mol. The number of halogens is 1. The van der Waals surface area contributed by atoms with Crippen LogP contribution in [0.15, 0.2) is 47.4 Å². The molecule has 0 saturated carbocycles. The Hall–Kier alpha value is -2.53. The molecule has 1 aromatic heterocycles. The van der Waals surface area contributed by atoms with Gasteiger partial charge < -0.3 is 5.11 Å². The quantitative estimate of drug-likeness (QED) is 0.855. The van der Waals surface area contributed by atoms with E-state index in [2.05, 4.69) is 5.43 Å². The van der Waals surface area contributed by atoms with E-state index in [0.29, 0.717) is 5.02 Å². The van der Waals surface area contributed by atoms with Crippen LogP contribution in [0.5, 0.6) is 5.75 Å². The smallest absolute Gasteiger partial charge is 0.262 e. The molecule has 0 unspecified atom stereocenters. The number of amides is 1. The maximum absolute atomic E-state index is 11.8. The summed E-state index contributed by atoms with van der Waals surface area (Å²) >= 11 is 5.85. The SMILES string of the molecule is Cc1c(O)c(=O)ccn1NC(=O)/C=C/c1cccc(Cl)c1. The Balaban J connectivity index is 2.12. The summed E-state index contributed by atoms with van der Waals surface area (Å²) in [4.78, 5) is 23.0. The number of benzene rings is 1. The zero-order chi connectivity index (χ0) is 15.4. The Morgan fingerprint density at radius 1 is 1.38 bits per heavy atom. The molecule has 0 bridgehead atoms. The maximum Gasteiger partial charge on any atom is 0.262 e. The highest BCUT2D eigenvalue weighted by Gasteiger charge is 2.06. The van der Waals surface area contributed by atoms with Gasteiger partial charge in [-0.3, -0.25) is 19.7 Å². The molecule has 108 valence electrons. The average molecular weight is 305 g/mol. The van der Waals surface area contributed by atoms with Crippen LogP contribution in [0.1, 0.15) is 11.3 Å². The molecule has 0 radical (unpaired) electrons. The second-order valence-corrected chi connectivity index (χ2v) is 4.78. The molecule has 0 spiro atoms. The van der Waals surface area contributed by atoms with E-state index in [9.17, 15) is 14.7 Å². The third kappa shape index (κ3) is 3.73. The van der Waals surface area contributed by atoms with Gasteiger partial charge in [-0.25, -0.2) is 0 Å². The Morgan fingerprint density at radius 2 is 2.14 bits per heavy atom. The second-order valence-electron chi connectivity index (χ2n) is 4.35. The molecular weight excluding hydrogens is 292 g/mol. The number of carbonyl (C=O) groups excluding carboxylic acids is 1. The normalized spacial score (nSPS) is 10.8. The summed E-state index contributed by atoms with van der Waals surface area (Å²) in [5, 5.41) is 10.1. The lowest BCUT2D eigenvalue weighted by Crippen LogP contribution is -2.24. The average Bonchev–Trinajstić information content (AvgIpc) is 2.46. The van der Waals surface area contributed by atoms with Crippen LogP contribution in [-0.4, -0.2) is 15.7 Å². The van der Waals surface area contributed by atoms with Crippen molar-refractivity contribution in [1.82, 2.24) is 4.68 Å². The largest absolute Gasteiger partial charge is 0.503 e. The molecule has 0 aliphatic heterocycles. The molecule has 1 aromatic carbocycles. The van der Waals surface area contributed by atoms with Crippen molar-refractivity contribution in [3.8, 4) is 5.75 Å². The van der Waals surface area contributed by atoms with Gasteiger partial charge in [-0.05, 0) is 30.7 Å². The summed E-state index contributed by atoms with van der Waals surface area (Å²) in [6.45, 7) is 1.53. The van der Waals surface area contributed by atoms with Gasteiger partial charge in [-0.15, -0.1) is 0 Å². The number of nitrogens with one attached hydrogen (secondary N) is 1. The predicted octanol–water partition coefficient (Wildman–Crippen LogP) is 2.30. The number of nitrogens with zero attached hydrogens (tertiary/aromatic N) is 1. The van der Waals surface area contributed by atoms with Crippen molar-refractivity contribution in [3.05, 3.63) is 69.1 Å². The standard InChI is InChI=1S/C15H13ClN2O3/c1-10-15(21)13(19)7-8-18(10)17-14(20)6-5-11-3-2-4-12(16)9-11/h2-9,21H,1H3,(H,17,20)/b6-5+. The fourth-order valence-electron chi connectivity index (χ4n) is 1.68. The van der Waals surface area contributed by atoms with Gasteiger partial charge in [0, 0.05) is 23.4 Å². The van der Waals surface area contributed by atoms with E-state index in [1.54, 1.807) is 24.3 Å². The van der Waals surface area contributed by atoms with Crippen LogP contribution in [0.4, 0.5) is 0 Å². The molecule has 0 aliphatic rings. The van der Waals surface area contributed by atoms with Gasteiger partial charge in [-0.2, -0.15) is 0 Å². The summed E-state index contributed by atoms with van der Waals surface area (Å²) in [7, 11) is 0. The van der Waals surface area contributed by atoms with Crippen molar-refractivity contribution in [1.29, 1.82) is 0 Å². The zero-order valence-corrected chi connectivity index (χ0v) is 12.0. The number of hydrogen-bond donors (Lipinski definition) is 2. The number of pyridine rings is 1. The van der Waals surface area contributed by atoms with Gasteiger partial charge in [0.25, 0.3) is 5.91 Å². The van der Waals surface area contributed by atoms with Gasteiger partial charge in [0.1, 0.15) is 0 Å². The third-order valence-electron chi connectivity index (χ3n) is 2.82. The lowest BCUT2D eigenvalue weighted by atomic mass is 10.2. The zero-order valence-electron chi connectivity index (χ0n) is 11.2. The first kappa shape index (κ1) is 14.9. The topological polar surface area (TPSA) is 71.3 Å². The molecule has 21 heavy (non-hydrogen) atoms. The summed E-state index contributed by atoms with van der Waals surface area (Å²) in [5.41, 5.74) is 3.07. The molecule has 6 heteroatoms. The summed E-state index contributed by atoms with van der Waals surface area (Å²) in [5.74, 6) is -0.794. The van der Waals surface area contributed by atoms with Crippen LogP contribution in [0.25, 0.3) is 6.08 Å². The van der Waals surface area contributed by atoms with Crippen molar-refractivity contribution in [2.75, 3.05) is 5.43 Å². The molecule has 1 heterocycles. The molecule has 5 nitrogen and oxygen atoms in total. The molecule has 2 N–H and O–H groups in total.